The van der Waals surface area contributed by atoms with E-state index in [0.717, 1.165) is 11.1 Å². The first-order valence-corrected chi connectivity index (χ1v) is 6.91. The van der Waals surface area contributed by atoms with Gasteiger partial charge in [0.05, 0.1) is 10.5 Å². The molecular formula is C15H15BrF2N2. The average Bonchev–Trinajstić information content (AvgIpc) is 2.37. The summed E-state index contributed by atoms with van der Waals surface area (Å²) in [4.78, 5) is 0. The Balaban J connectivity index is 2.62. The maximum atomic E-state index is 14.2. The molecule has 0 spiro atoms. The third-order valence-electron chi connectivity index (χ3n) is 3.23. The van der Waals surface area contributed by atoms with Crippen molar-refractivity contribution in [2.45, 2.75) is 19.9 Å². The first-order valence-electron chi connectivity index (χ1n) is 6.12. The lowest BCUT2D eigenvalue weighted by atomic mass is 9.93. The highest BCUT2D eigenvalue weighted by Gasteiger charge is 2.23. The van der Waals surface area contributed by atoms with Gasteiger partial charge in [0.25, 0.3) is 0 Å². The van der Waals surface area contributed by atoms with E-state index >= 15 is 0 Å². The van der Waals surface area contributed by atoms with Crippen LogP contribution in [0, 0.1) is 25.5 Å². The molecule has 0 fully saturated rings. The van der Waals surface area contributed by atoms with Crippen molar-refractivity contribution in [2.24, 2.45) is 5.84 Å². The van der Waals surface area contributed by atoms with Crippen LogP contribution in [-0.4, -0.2) is 0 Å². The van der Waals surface area contributed by atoms with Crippen LogP contribution in [0.2, 0.25) is 0 Å². The molecule has 106 valence electrons. The Morgan fingerprint density at radius 2 is 1.90 bits per heavy atom. The summed E-state index contributed by atoms with van der Waals surface area (Å²) < 4.78 is 28.8. The smallest absolute Gasteiger partial charge is 0.142 e. The van der Waals surface area contributed by atoms with Crippen molar-refractivity contribution < 1.29 is 8.78 Å². The van der Waals surface area contributed by atoms with Crippen LogP contribution in [-0.2, 0) is 0 Å². The van der Waals surface area contributed by atoms with Crippen molar-refractivity contribution in [3.05, 3.63) is 68.7 Å². The normalized spacial score (nSPS) is 12.5. The Morgan fingerprint density at radius 3 is 2.50 bits per heavy atom. The summed E-state index contributed by atoms with van der Waals surface area (Å²) in [6.07, 6.45) is 0. The van der Waals surface area contributed by atoms with Gasteiger partial charge in [-0.1, -0.05) is 18.2 Å². The molecule has 2 nitrogen and oxygen atoms in total. The molecule has 0 aliphatic carbocycles. The van der Waals surface area contributed by atoms with Crippen LogP contribution < -0.4 is 11.3 Å². The highest BCUT2D eigenvalue weighted by molar-refractivity contribution is 9.10. The van der Waals surface area contributed by atoms with Gasteiger partial charge in [-0.15, -0.1) is 0 Å². The Hall–Kier alpha value is -1.30. The van der Waals surface area contributed by atoms with E-state index < -0.39 is 17.7 Å². The summed E-state index contributed by atoms with van der Waals surface area (Å²) in [7, 11) is 0. The summed E-state index contributed by atoms with van der Waals surface area (Å²) in [5, 5.41) is 0. The van der Waals surface area contributed by atoms with Crippen LogP contribution in [0.25, 0.3) is 0 Å². The van der Waals surface area contributed by atoms with Gasteiger partial charge in [-0.05, 0) is 53.0 Å². The number of halogens is 3. The molecule has 0 heterocycles. The van der Waals surface area contributed by atoms with Gasteiger partial charge >= 0.3 is 0 Å². The molecule has 0 aliphatic rings. The minimum absolute atomic E-state index is 0.299. The van der Waals surface area contributed by atoms with E-state index in [9.17, 15) is 8.78 Å². The van der Waals surface area contributed by atoms with E-state index in [-0.39, 0.29) is 0 Å². The quantitative estimate of drug-likeness (QED) is 0.656. The summed E-state index contributed by atoms with van der Waals surface area (Å²) in [5.74, 6) is 4.69. The molecule has 0 radical (unpaired) electrons. The number of benzene rings is 2. The van der Waals surface area contributed by atoms with Gasteiger partial charge < -0.3 is 0 Å². The third kappa shape index (κ3) is 2.75. The SMILES string of the molecule is Cc1cc(C)c(C(NN)c2cccc(Br)c2F)c(F)c1. The van der Waals surface area contributed by atoms with E-state index in [1.54, 1.807) is 25.1 Å². The standard InChI is InChI=1S/C15H15BrF2N2/c1-8-6-9(2)13(12(17)7-8)15(20-19)10-4-3-5-11(16)14(10)18/h3-7,15,20H,19H2,1-2H3. The second-order valence-corrected chi connectivity index (χ2v) is 5.57. The van der Waals surface area contributed by atoms with Crippen molar-refractivity contribution in [2.75, 3.05) is 0 Å². The average molecular weight is 341 g/mol. The van der Waals surface area contributed by atoms with E-state index in [2.05, 4.69) is 21.4 Å². The number of hydrogen-bond donors (Lipinski definition) is 2. The molecule has 0 saturated carbocycles. The molecule has 3 N–H and O–H groups in total. The summed E-state index contributed by atoms with van der Waals surface area (Å²) >= 11 is 3.13. The van der Waals surface area contributed by atoms with Crippen LogP contribution in [0.15, 0.2) is 34.8 Å². The van der Waals surface area contributed by atoms with E-state index in [1.807, 2.05) is 13.0 Å². The number of rotatable bonds is 3. The molecule has 2 aromatic carbocycles. The van der Waals surface area contributed by atoms with Crippen molar-refractivity contribution in [3.63, 3.8) is 0 Å². The minimum Gasteiger partial charge on any atom is -0.271 e. The van der Waals surface area contributed by atoms with Crippen LogP contribution in [0.5, 0.6) is 0 Å². The molecule has 1 atom stereocenters. The fourth-order valence-electron chi connectivity index (χ4n) is 2.36. The molecule has 20 heavy (non-hydrogen) atoms. The predicted octanol–water partition coefficient (Wildman–Crippen LogP) is 3.90. The Morgan fingerprint density at radius 1 is 1.20 bits per heavy atom. The molecule has 2 rings (SSSR count). The zero-order chi connectivity index (χ0) is 14.9. The topological polar surface area (TPSA) is 38.0 Å². The van der Waals surface area contributed by atoms with Gasteiger partial charge in [-0.2, -0.15) is 0 Å². The van der Waals surface area contributed by atoms with Crippen molar-refractivity contribution >= 4 is 15.9 Å². The monoisotopic (exact) mass is 340 g/mol. The molecule has 2 aromatic rings. The number of hydrogen-bond acceptors (Lipinski definition) is 2. The maximum Gasteiger partial charge on any atom is 0.142 e. The zero-order valence-electron chi connectivity index (χ0n) is 11.2. The van der Waals surface area contributed by atoms with Gasteiger partial charge in [0.2, 0.25) is 0 Å². The van der Waals surface area contributed by atoms with Gasteiger partial charge in [0, 0.05) is 11.1 Å². The van der Waals surface area contributed by atoms with E-state index in [4.69, 9.17) is 5.84 Å². The molecule has 0 amide bonds. The number of aryl methyl sites for hydroxylation is 2. The van der Waals surface area contributed by atoms with Gasteiger partial charge in [0.1, 0.15) is 11.6 Å². The van der Waals surface area contributed by atoms with Gasteiger partial charge in [-0.3, -0.25) is 5.84 Å². The second-order valence-electron chi connectivity index (χ2n) is 4.72. The lowest BCUT2D eigenvalue weighted by molar-refractivity contribution is 0.526. The fourth-order valence-corrected chi connectivity index (χ4v) is 2.75. The zero-order valence-corrected chi connectivity index (χ0v) is 12.8. The maximum absolute atomic E-state index is 14.2. The molecule has 0 bridgehead atoms. The van der Waals surface area contributed by atoms with Crippen LogP contribution in [0.4, 0.5) is 8.78 Å². The Kier molecular flexibility index (Phi) is 4.52. The van der Waals surface area contributed by atoms with Crippen molar-refractivity contribution in [3.8, 4) is 0 Å². The first-order chi connectivity index (χ1) is 9.45. The van der Waals surface area contributed by atoms with Crippen molar-refractivity contribution in [1.82, 2.24) is 5.43 Å². The summed E-state index contributed by atoms with van der Waals surface area (Å²) in [5.41, 5.74) is 4.70. The largest absolute Gasteiger partial charge is 0.271 e. The highest BCUT2D eigenvalue weighted by atomic mass is 79.9. The first kappa shape index (κ1) is 15.1. The number of nitrogens with two attached hydrogens (primary N) is 1. The third-order valence-corrected chi connectivity index (χ3v) is 3.84. The van der Waals surface area contributed by atoms with Crippen LogP contribution >= 0.6 is 15.9 Å². The van der Waals surface area contributed by atoms with Crippen LogP contribution in [0.3, 0.4) is 0 Å². The number of nitrogens with one attached hydrogen (secondary N) is 1. The van der Waals surface area contributed by atoms with Gasteiger partial charge in [0.15, 0.2) is 0 Å². The highest BCUT2D eigenvalue weighted by Crippen LogP contribution is 2.31. The molecule has 1 unspecified atom stereocenters. The number of hydrazine groups is 1. The van der Waals surface area contributed by atoms with Gasteiger partial charge in [-0.25, -0.2) is 14.2 Å². The van der Waals surface area contributed by atoms with Crippen molar-refractivity contribution in [1.29, 1.82) is 0 Å². The molecule has 0 aromatic heterocycles. The second kappa shape index (κ2) is 5.99. The summed E-state index contributed by atoms with van der Waals surface area (Å²) in [6.45, 7) is 3.59. The lowest BCUT2D eigenvalue weighted by Crippen LogP contribution is -2.31. The predicted molar refractivity (Wildman–Crippen MR) is 79.1 cm³/mol. The Bertz CT molecular complexity index is 621. The van der Waals surface area contributed by atoms with E-state index in [0.29, 0.717) is 15.6 Å². The minimum atomic E-state index is -0.742. The molecule has 5 heteroatoms. The lowest BCUT2D eigenvalue weighted by Gasteiger charge is -2.21. The van der Waals surface area contributed by atoms with E-state index in [1.165, 1.54) is 6.07 Å². The molecule has 0 aliphatic heterocycles. The Labute approximate surface area is 125 Å². The molecular weight excluding hydrogens is 326 g/mol. The fraction of sp³-hybridized carbons (Fsp3) is 0.200. The summed E-state index contributed by atoms with van der Waals surface area (Å²) in [6, 6.07) is 7.39. The molecule has 0 saturated heterocycles. The van der Waals surface area contributed by atoms with Crippen LogP contribution in [0.1, 0.15) is 28.3 Å².